The van der Waals surface area contributed by atoms with Crippen molar-refractivity contribution in [3.05, 3.63) is 23.0 Å². The number of benzene rings is 1. The molecule has 0 aliphatic carbocycles. The summed E-state index contributed by atoms with van der Waals surface area (Å²) in [7, 11) is -4.05. The third-order valence-corrected chi connectivity index (χ3v) is 4.28. The number of nitrogens with one attached hydrogen (secondary N) is 1. The number of hydrogen-bond acceptors (Lipinski definition) is 3. The highest BCUT2D eigenvalue weighted by Gasteiger charge is 2.24. The van der Waals surface area contributed by atoms with Gasteiger partial charge in [-0.25, -0.2) is 17.5 Å². The number of sulfonamides is 1. The highest BCUT2D eigenvalue weighted by Crippen LogP contribution is 2.26. The number of terminal acetylenes is 1. The van der Waals surface area contributed by atoms with Crippen LogP contribution in [0.25, 0.3) is 0 Å². The van der Waals surface area contributed by atoms with Crippen LogP contribution in [0.1, 0.15) is 19.8 Å². The van der Waals surface area contributed by atoms with Gasteiger partial charge in [0.05, 0.1) is 5.02 Å². The fourth-order valence-electron chi connectivity index (χ4n) is 1.47. The Labute approximate surface area is 117 Å². The summed E-state index contributed by atoms with van der Waals surface area (Å²) in [4.78, 5) is -0.576. The number of halogens is 2. The van der Waals surface area contributed by atoms with E-state index < -0.39 is 26.8 Å². The van der Waals surface area contributed by atoms with Gasteiger partial charge in [-0.15, -0.1) is 12.3 Å². The van der Waals surface area contributed by atoms with Gasteiger partial charge in [0.1, 0.15) is 4.90 Å². The molecule has 104 valence electrons. The topological polar surface area (TPSA) is 72.2 Å². The first kappa shape index (κ1) is 15.8. The van der Waals surface area contributed by atoms with Crippen LogP contribution >= 0.6 is 11.6 Å². The molecule has 3 N–H and O–H groups in total. The molecule has 1 aromatic rings. The molecule has 7 heteroatoms. The molecule has 1 atom stereocenters. The van der Waals surface area contributed by atoms with Crippen molar-refractivity contribution in [2.75, 3.05) is 5.73 Å². The Morgan fingerprint density at radius 3 is 2.74 bits per heavy atom. The van der Waals surface area contributed by atoms with E-state index >= 15 is 0 Å². The average Bonchev–Trinajstić information content (AvgIpc) is 2.32. The van der Waals surface area contributed by atoms with E-state index in [2.05, 4.69) is 10.6 Å². The van der Waals surface area contributed by atoms with E-state index in [9.17, 15) is 12.8 Å². The molecule has 0 saturated carbocycles. The van der Waals surface area contributed by atoms with E-state index in [1.165, 1.54) is 0 Å². The second kappa shape index (κ2) is 6.24. The maximum Gasteiger partial charge on any atom is 0.243 e. The molecule has 0 radical (unpaired) electrons. The van der Waals surface area contributed by atoms with Crippen LogP contribution < -0.4 is 10.5 Å². The van der Waals surface area contributed by atoms with Crippen LogP contribution in [0, 0.1) is 18.2 Å². The van der Waals surface area contributed by atoms with Gasteiger partial charge in [-0.2, -0.15) is 0 Å². The van der Waals surface area contributed by atoms with Crippen LogP contribution in [0.4, 0.5) is 10.1 Å². The standard InChI is InChI=1S/C12H14ClFN2O2S/c1-3-5-9(4-2)16-19(17,18)11-7-8(15)6-10(13)12(11)14/h1,6-7,9,16H,4-5,15H2,2H3. The van der Waals surface area contributed by atoms with Crippen molar-refractivity contribution in [2.24, 2.45) is 0 Å². The number of anilines is 1. The minimum Gasteiger partial charge on any atom is -0.399 e. The summed E-state index contributed by atoms with van der Waals surface area (Å²) in [6.07, 6.45) is 5.84. The third kappa shape index (κ3) is 3.83. The lowest BCUT2D eigenvalue weighted by Gasteiger charge is -2.15. The number of rotatable bonds is 5. The SMILES string of the molecule is C#CCC(CC)NS(=O)(=O)c1cc(N)cc(Cl)c1F. The number of nitrogen functional groups attached to an aromatic ring is 1. The van der Waals surface area contributed by atoms with E-state index in [0.29, 0.717) is 6.42 Å². The molecule has 0 saturated heterocycles. The van der Waals surface area contributed by atoms with Crippen LogP contribution in [0.15, 0.2) is 17.0 Å². The predicted molar refractivity (Wildman–Crippen MR) is 73.7 cm³/mol. The fourth-order valence-corrected chi connectivity index (χ4v) is 3.21. The van der Waals surface area contributed by atoms with Crippen molar-refractivity contribution in [3.63, 3.8) is 0 Å². The van der Waals surface area contributed by atoms with E-state index in [4.69, 9.17) is 23.8 Å². The first-order valence-corrected chi connectivity index (χ1v) is 7.38. The van der Waals surface area contributed by atoms with Gasteiger partial charge >= 0.3 is 0 Å². The summed E-state index contributed by atoms with van der Waals surface area (Å²) < 4.78 is 40.2. The van der Waals surface area contributed by atoms with Gasteiger partial charge in [-0.3, -0.25) is 0 Å². The van der Waals surface area contributed by atoms with Crippen molar-refractivity contribution in [1.29, 1.82) is 0 Å². The molecule has 4 nitrogen and oxygen atoms in total. The molecule has 0 spiro atoms. The van der Waals surface area contributed by atoms with E-state index in [-0.39, 0.29) is 17.1 Å². The van der Waals surface area contributed by atoms with Crippen LogP contribution in [-0.2, 0) is 10.0 Å². The molecule has 19 heavy (non-hydrogen) atoms. The van der Waals surface area contributed by atoms with Crippen LogP contribution in [0.5, 0.6) is 0 Å². The smallest absolute Gasteiger partial charge is 0.243 e. The van der Waals surface area contributed by atoms with Gasteiger partial charge < -0.3 is 5.73 Å². The lowest BCUT2D eigenvalue weighted by atomic mass is 10.2. The number of nitrogens with two attached hydrogens (primary N) is 1. The van der Waals surface area contributed by atoms with Crippen molar-refractivity contribution in [1.82, 2.24) is 4.72 Å². The zero-order valence-electron chi connectivity index (χ0n) is 10.3. The summed E-state index contributed by atoms with van der Waals surface area (Å²) in [5.41, 5.74) is 5.54. The Balaban J connectivity index is 3.18. The Morgan fingerprint density at radius 2 is 2.21 bits per heavy atom. The first-order valence-electron chi connectivity index (χ1n) is 5.52. The van der Waals surface area contributed by atoms with Gasteiger partial charge in [0.15, 0.2) is 5.82 Å². The zero-order chi connectivity index (χ0) is 14.6. The summed E-state index contributed by atoms with van der Waals surface area (Å²) in [5.74, 6) is 1.33. The van der Waals surface area contributed by atoms with Gasteiger partial charge in [-0.05, 0) is 18.6 Å². The molecule has 0 aromatic heterocycles. The maximum atomic E-state index is 13.8. The van der Waals surface area contributed by atoms with Crippen molar-refractivity contribution < 1.29 is 12.8 Å². The molecule has 0 fully saturated rings. The highest BCUT2D eigenvalue weighted by molar-refractivity contribution is 7.89. The van der Waals surface area contributed by atoms with Gasteiger partial charge in [-0.1, -0.05) is 18.5 Å². The van der Waals surface area contributed by atoms with Crippen LogP contribution in [-0.4, -0.2) is 14.5 Å². The lowest BCUT2D eigenvalue weighted by Crippen LogP contribution is -2.34. The Bertz CT molecular complexity index is 611. The molecule has 1 rings (SSSR count). The third-order valence-electron chi connectivity index (χ3n) is 2.49. The van der Waals surface area contributed by atoms with E-state index in [1.54, 1.807) is 6.92 Å². The van der Waals surface area contributed by atoms with Gasteiger partial charge in [0, 0.05) is 18.2 Å². The maximum absolute atomic E-state index is 13.8. The summed E-state index contributed by atoms with van der Waals surface area (Å²) in [6, 6.07) is 1.70. The monoisotopic (exact) mass is 304 g/mol. The van der Waals surface area contributed by atoms with Crippen molar-refractivity contribution in [3.8, 4) is 12.3 Å². The summed E-state index contributed by atoms with van der Waals surface area (Å²) in [6.45, 7) is 1.77. The molecule has 1 aromatic carbocycles. The van der Waals surface area contributed by atoms with E-state index in [0.717, 1.165) is 12.1 Å². The molecule has 0 amide bonds. The number of hydrogen-bond donors (Lipinski definition) is 2. The molecule has 1 unspecified atom stereocenters. The second-order valence-corrected chi connectivity index (χ2v) is 6.04. The Hall–Kier alpha value is -1.29. The molecular formula is C12H14ClFN2O2S. The van der Waals surface area contributed by atoms with Crippen molar-refractivity contribution in [2.45, 2.75) is 30.7 Å². The van der Waals surface area contributed by atoms with Crippen molar-refractivity contribution >= 4 is 27.3 Å². The normalized spacial score (nSPS) is 12.9. The Morgan fingerprint density at radius 1 is 1.58 bits per heavy atom. The predicted octanol–water partition coefficient (Wildman–Crippen LogP) is 2.14. The molecular weight excluding hydrogens is 291 g/mol. The van der Waals surface area contributed by atoms with Gasteiger partial charge in [0.2, 0.25) is 10.0 Å². The average molecular weight is 305 g/mol. The van der Waals surface area contributed by atoms with Crippen LogP contribution in [0.2, 0.25) is 5.02 Å². The quantitative estimate of drug-likeness (QED) is 0.646. The minimum absolute atomic E-state index is 0.0665. The first-order chi connectivity index (χ1) is 8.81. The molecule has 0 bridgehead atoms. The summed E-state index contributed by atoms with van der Waals surface area (Å²) >= 11 is 5.58. The summed E-state index contributed by atoms with van der Waals surface area (Å²) in [5, 5.41) is -0.342. The zero-order valence-corrected chi connectivity index (χ0v) is 11.9. The van der Waals surface area contributed by atoms with Crippen LogP contribution in [0.3, 0.4) is 0 Å². The second-order valence-electron chi connectivity index (χ2n) is 3.95. The highest BCUT2D eigenvalue weighted by atomic mass is 35.5. The van der Waals surface area contributed by atoms with E-state index in [1.807, 2.05) is 0 Å². The Kier molecular flexibility index (Phi) is 5.18. The molecule has 0 heterocycles. The lowest BCUT2D eigenvalue weighted by molar-refractivity contribution is 0.531. The molecule has 0 aliphatic rings. The van der Waals surface area contributed by atoms with Gasteiger partial charge in [0.25, 0.3) is 0 Å². The fraction of sp³-hybridized carbons (Fsp3) is 0.333. The molecule has 0 aliphatic heterocycles. The minimum atomic E-state index is -4.05. The largest absolute Gasteiger partial charge is 0.399 e.